The molecule has 4 rings (SSSR count). The summed E-state index contributed by atoms with van der Waals surface area (Å²) in [5, 5.41) is 9.98. The number of benzene rings is 2. The maximum absolute atomic E-state index is 13.7. The number of aromatic nitrogens is 1. The van der Waals surface area contributed by atoms with Gasteiger partial charge in [0.1, 0.15) is 17.5 Å². The average Bonchev–Trinajstić information content (AvgIpc) is 2.76. The van der Waals surface area contributed by atoms with Crippen LogP contribution in [0.5, 0.6) is 0 Å². The average molecular weight is 440 g/mol. The number of halogens is 2. The Balaban J connectivity index is 1.32. The Morgan fingerprint density at radius 3 is 2.44 bits per heavy atom. The SMILES string of the molecule is CN(C)c1cc(N[C@H]2CC[C@@H](NC(=O)Nc3ccc(F)cc3F)CC2)nc2ccccc12. The number of urea groups is 1. The van der Waals surface area contributed by atoms with Crippen LogP contribution in [0.2, 0.25) is 0 Å². The van der Waals surface area contributed by atoms with Crippen LogP contribution in [-0.2, 0) is 0 Å². The van der Waals surface area contributed by atoms with Crippen molar-refractivity contribution < 1.29 is 13.6 Å². The summed E-state index contributed by atoms with van der Waals surface area (Å²) >= 11 is 0. The number of para-hydroxylation sites is 1. The molecule has 1 aliphatic carbocycles. The first kappa shape index (κ1) is 21.8. The third-order valence-electron chi connectivity index (χ3n) is 5.77. The van der Waals surface area contributed by atoms with E-state index in [1.54, 1.807) is 0 Å². The molecular formula is C24H27F2N5O. The number of amides is 2. The highest BCUT2D eigenvalue weighted by atomic mass is 19.1. The van der Waals surface area contributed by atoms with Crippen LogP contribution in [-0.4, -0.2) is 37.2 Å². The van der Waals surface area contributed by atoms with Crippen LogP contribution in [0.4, 0.5) is 30.8 Å². The lowest BCUT2D eigenvalue weighted by Crippen LogP contribution is -2.42. The van der Waals surface area contributed by atoms with Crippen LogP contribution in [0.15, 0.2) is 48.5 Å². The number of pyridine rings is 1. The molecule has 1 aromatic heterocycles. The van der Waals surface area contributed by atoms with E-state index in [0.29, 0.717) is 0 Å². The number of carbonyl (C=O) groups excluding carboxylic acids is 1. The normalized spacial score (nSPS) is 18.2. The molecule has 3 N–H and O–H groups in total. The van der Waals surface area contributed by atoms with Gasteiger partial charge in [-0.25, -0.2) is 18.6 Å². The molecule has 1 heterocycles. The Labute approximate surface area is 186 Å². The van der Waals surface area contributed by atoms with E-state index < -0.39 is 17.7 Å². The molecule has 0 aliphatic heterocycles. The Kier molecular flexibility index (Phi) is 6.39. The molecule has 8 heteroatoms. The van der Waals surface area contributed by atoms with Crippen molar-refractivity contribution in [1.29, 1.82) is 0 Å². The quantitative estimate of drug-likeness (QED) is 0.516. The minimum absolute atomic E-state index is 0.00143. The summed E-state index contributed by atoms with van der Waals surface area (Å²) in [6.07, 6.45) is 3.35. The fourth-order valence-electron chi connectivity index (χ4n) is 4.13. The molecular weight excluding hydrogens is 412 g/mol. The maximum Gasteiger partial charge on any atom is 0.319 e. The Bertz CT molecular complexity index is 1110. The van der Waals surface area contributed by atoms with E-state index in [1.807, 2.05) is 32.3 Å². The highest BCUT2D eigenvalue weighted by Gasteiger charge is 2.23. The van der Waals surface area contributed by atoms with Crippen molar-refractivity contribution in [3.63, 3.8) is 0 Å². The number of fused-ring (bicyclic) bond motifs is 1. The fourth-order valence-corrected chi connectivity index (χ4v) is 4.13. The van der Waals surface area contributed by atoms with E-state index in [0.717, 1.165) is 60.2 Å². The van der Waals surface area contributed by atoms with Gasteiger partial charge in [-0.15, -0.1) is 0 Å². The van der Waals surface area contributed by atoms with E-state index in [1.165, 1.54) is 6.07 Å². The lowest BCUT2D eigenvalue weighted by atomic mass is 9.91. The number of carbonyl (C=O) groups is 1. The molecule has 1 saturated carbocycles. The minimum Gasteiger partial charge on any atom is -0.377 e. The lowest BCUT2D eigenvalue weighted by Gasteiger charge is -2.30. The van der Waals surface area contributed by atoms with Crippen LogP contribution in [0.25, 0.3) is 10.9 Å². The number of hydrogen-bond donors (Lipinski definition) is 3. The number of nitrogens with one attached hydrogen (secondary N) is 3. The molecule has 3 aromatic rings. The van der Waals surface area contributed by atoms with Gasteiger partial charge in [-0.1, -0.05) is 18.2 Å². The van der Waals surface area contributed by atoms with Gasteiger partial charge in [0, 0.05) is 49.4 Å². The van der Waals surface area contributed by atoms with Crippen molar-refractivity contribution in [2.24, 2.45) is 0 Å². The third kappa shape index (κ3) is 5.07. The molecule has 0 unspecified atom stereocenters. The topological polar surface area (TPSA) is 69.3 Å². The highest BCUT2D eigenvalue weighted by molar-refractivity contribution is 5.93. The van der Waals surface area contributed by atoms with Gasteiger partial charge in [0.2, 0.25) is 0 Å². The predicted molar refractivity (Wildman–Crippen MR) is 124 cm³/mol. The molecule has 0 bridgehead atoms. The van der Waals surface area contributed by atoms with Gasteiger partial charge >= 0.3 is 6.03 Å². The van der Waals surface area contributed by atoms with Gasteiger partial charge in [-0.05, 0) is 43.9 Å². The molecule has 2 aromatic carbocycles. The van der Waals surface area contributed by atoms with Gasteiger partial charge in [-0.3, -0.25) is 0 Å². The molecule has 0 atom stereocenters. The standard InChI is InChI=1S/C24H27F2N5O/c1-31(2)22-14-23(29-20-6-4-3-5-18(20)22)27-16-8-10-17(11-9-16)28-24(32)30-21-12-7-15(25)13-19(21)26/h3-7,12-14,16-17H,8-11H2,1-2H3,(H,27,29)(H2,28,30,32)/t16-,17+. The van der Waals surface area contributed by atoms with Crippen molar-refractivity contribution in [2.45, 2.75) is 37.8 Å². The summed E-state index contributed by atoms with van der Waals surface area (Å²) in [6.45, 7) is 0. The van der Waals surface area contributed by atoms with Crippen molar-refractivity contribution in [2.75, 3.05) is 29.6 Å². The Morgan fingerprint density at radius 1 is 1.00 bits per heavy atom. The second kappa shape index (κ2) is 9.38. The van der Waals surface area contributed by atoms with Gasteiger partial charge in [0.05, 0.1) is 11.2 Å². The van der Waals surface area contributed by atoms with E-state index in [9.17, 15) is 13.6 Å². The van der Waals surface area contributed by atoms with Crippen LogP contribution in [0.1, 0.15) is 25.7 Å². The van der Waals surface area contributed by atoms with Gasteiger partial charge in [-0.2, -0.15) is 0 Å². The van der Waals surface area contributed by atoms with Crippen molar-refractivity contribution in [1.82, 2.24) is 10.3 Å². The van der Waals surface area contributed by atoms with Crippen molar-refractivity contribution in [3.8, 4) is 0 Å². The first-order valence-corrected chi connectivity index (χ1v) is 10.8. The van der Waals surface area contributed by atoms with Crippen LogP contribution >= 0.6 is 0 Å². The molecule has 0 spiro atoms. The first-order chi connectivity index (χ1) is 15.4. The molecule has 1 fully saturated rings. The number of nitrogens with zero attached hydrogens (tertiary/aromatic N) is 2. The van der Waals surface area contributed by atoms with Crippen LogP contribution < -0.4 is 20.9 Å². The molecule has 0 radical (unpaired) electrons. The highest BCUT2D eigenvalue weighted by Crippen LogP contribution is 2.29. The second-order valence-electron chi connectivity index (χ2n) is 8.35. The van der Waals surface area contributed by atoms with Crippen LogP contribution in [0, 0.1) is 11.6 Å². The van der Waals surface area contributed by atoms with Crippen molar-refractivity contribution in [3.05, 3.63) is 60.2 Å². The summed E-state index contributed by atoms with van der Waals surface area (Å²) < 4.78 is 26.7. The van der Waals surface area contributed by atoms with E-state index in [-0.39, 0.29) is 17.8 Å². The molecule has 0 saturated heterocycles. The fraction of sp³-hybridized carbons (Fsp3) is 0.333. The Hall–Kier alpha value is -3.42. The molecule has 32 heavy (non-hydrogen) atoms. The maximum atomic E-state index is 13.7. The zero-order valence-electron chi connectivity index (χ0n) is 18.2. The van der Waals surface area contributed by atoms with Gasteiger partial charge in [0.25, 0.3) is 0 Å². The van der Waals surface area contributed by atoms with Gasteiger partial charge in [0.15, 0.2) is 0 Å². The monoisotopic (exact) mass is 439 g/mol. The lowest BCUT2D eigenvalue weighted by molar-refractivity contribution is 0.243. The Morgan fingerprint density at radius 2 is 1.72 bits per heavy atom. The predicted octanol–water partition coefficient (Wildman–Crippen LogP) is 5.12. The summed E-state index contributed by atoms with van der Waals surface area (Å²) in [5.74, 6) is -0.640. The smallest absolute Gasteiger partial charge is 0.319 e. The first-order valence-electron chi connectivity index (χ1n) is 10.8. The van der Waals surface area contributed by atoms with Crippen LogP contribution in [0.3, 0.4) is 0 Å². The van der Waals surface area contributed by atoms with E-state index in [2.05, 4.69) is 33.0 Å². The van der Waals surface area contributed by atoms with E-state index in [4.69, 9.17) is 4.98 Å². The van der Waals surface area contributed by atoms with E-state index >= 15 is 0 Å². The zero-order valence-corrected chi connectivity index (χ0v) is 18.2. The number of hydrogen-bond acceptors (Lipinski definition) is 4. The number of rotatable bonds is 5. The second-order valence-corrected chi connectivity index (χ2v) is 8.35. The molecule has 168 valence electrons. The summed E-state index contributed by atoms with van der Waals surface area (Å²) in [6, 6.07) is 13.0. The van der Waals surface area contributed by atoms with Crippen molar-refractivity contribution >= 4 is 34.1 Å². The largest absolute Gasteiger partial charge is 0.377 e. The molecule has 2 amide bonds. The van der Waals surface area contributed by atoms with Gasteiger partial charge < -0.3 is 20.9 Å². The molecule has 6 nitrogen and oxygen atoms in total. The number of anilines is 3. The summed E-state index contributed by atoms with van der Waals surface area (Å²) in [4.78, 5) is 19.0. The zero-order chi connectivity index (χ0) is 22.7. The minimum atomic E-state index is -0.798. The summed E-state index contributed by atoms with van der Waals surface area (Å²) in [5.41, 5.74) is 2.01. The summed E-state index contributed by atoms with van der Waals surface area (Å²) in [7, 11) is 4.04. The molecule has 1 aliphatic rings. The third-order valence-corrected chi connectivity index (χ3v) is 5.77.